The number of imide groups is 1. The zero-order chi connectivity index (χ0) is 12.6. The Hall–Kier alpha value is -1.64. The van der Waals surface area contributed by atoms with E-state index in [2.05, 4.69) is 19.2 Å². The fourth-order valence-corrected chi connectivity index (χ4v) is 2.18. The maximum absolute atomic E-state index is 11.8. The Bertz CT molecular complexity index is 462. The van der Waals surface area contributed by atoms with Gasteiger partial charge in [-0.15, -0.1) is 0 Å². The Morgan fingerprint density at radius 2 is 1.76 bits per heavy atom. The zero-order valence-electron chi connectivity index (χ0n) is 10.4. The van der Waals surface area contributed by atoms with Gasteiger partial charge in [-0.1, -0.05) is 38.1 Å². The lowest BCUT2D eigenvalue weighted by Crippen LogP contribution is -2.32. The summed E-state index contributed by atoms with van der Waals surface area (Å²) in [6.45, 7) is 6.07. The molecule has 3 nitrogen and oxygen atoms in total. The average Bonchev–Trinajstić information content (AvgIpc) is 2.54. The normalized spacial score (nSPS) is 24.2. The van der Waals surface area contributed by atoms with Crippen LogP contribution in [0.2, 0.25) is 0 Å². The highest BCUT2D eigenvalue weighted by Crippen LogP contribution is 2.32. The molecule has 0 unspecified atom stereocenters. The van der Waals surface area contributed by atoms with Crippen molar-refractivity contribution >= 4 is 11.8 Å². The third-order valence-electron chi connectivity index (χ3n) is 3.48. The molecular formula is C14H17NO2. The Morgan fingerprint density at radius 1 is 1.18 bits per heavy atom. The van der Waals surface area contributed by atoms with Crippen molar-refractivity contribution in [1.29, 1.82) is 0 Å². The maximum atomic E-state index is 11.8. The van der Waals surface area contributed by atoms with Crippen molar-refractivity contribution < 1.29 is 9.59 Å². The van der Waals surface area contributed by atoms with Gasteiger partial charge in [-0.05, 0) is 24.0 Å². The highest BCUT2D eigenvalue weighted by atomic mass is 16.2. The van der Waals surface area contributed by atoms with Gasteiger partial charge in [0.2, 0.25) is 11.8 Å². The van der Waals surface area contributed by atoms with Gasteiger partial charge in [0.05, 0.1) is 5.41 Å². The minimum atomic E-state index is -0.702. The zero-order valence-corrected chi connectivity index (χ0v) is 10.4. The summed E-state index contributed by atoms with van der Waals surface area (Å²) in [6, 6.07) is 7.96. The van der Waals surface area contributed by atoms with Crippen LogP contribution in [0.1, 0.15) is 44.2 Å². The molecule has 1 aromatic rings. The molecule has 1 aromatic carbocycles. The third-order valence-corrected chi connectivity index (χ3v) is 3.48. The fraction of sp³-hybridized carbons (Fsp3) is 0.429. The molecule has 17 heavy (non-hydrogen) atoms. The van der Waals surface area contributed by atoms with Crippen molar-refractivity contribution in [2.24, 2.45) is 0 Å². The number of rotatable bonds is 2. The van der Waals surface area contributed by atoms with Crippen molar-refractivity contribution in [2.75, 3.05) is 0 Å². The van der Waals surface area contributed by atoms with Crippen LogP contribution < -0.4 is 5.32 Å². The molecule has 0 bridgehead atoms. The number of carbonyl (C=O) groups is 2. The Morgan fingerprint density at radius 3 is 2.18 bits per heavy atom. The van der Waals surface area contributed by atoms with E-state index < -0.39 is 5.41 Å². The first kappa shape index (κ1) is 11.8. The van der Waals surface area contributed by atoms with E-state index in [1.807, 2.05) is 31.2 Å². The molecule has 1 heterocycles. The molecule has 0 radical (unpaired) electrons. The fourth-order valence-electron chi connectivity index (χ4n) is 2.18. The van der Waals surface area contributed by atoms with Crippen LogP contribution in [-0.4, -0.2) is 11.8 Å². The second-order valence-electron chi connectivity index (χ2n) is 5.16. The van der Waals surface area contributed by atoms with Crippen molar-refractivity contribution in [1.82, 2.24) is 5.32 Å². The van der Waals surface area contributed by atoms with Crippen molar-refractivity contribution in [3.05, 3.63) is 35.4 Å². The van der Waals surface area contributed by atoms with Gasteiger partial charge in [-0.25, -0.2) is 0 Å². The van der Waals surface area contributed by atoms with E-state index >= 15 is 0 Å². The quantitative estimate of drug-likeness (QED) is 0.792. The van der Waals surface area contributed by atoms with Crippen LogP contribution in [0.25, 0.3) is 0 Å². The average molecular weight is 231 g/mol. The molecule has 2 amide bonds. The van der Waals surface area contributed by atoms with Crippen LogP contribution in [0.4, 0.5) is 0 Å². The summed E-state index contributed by atoms with van der Waals surface area (Å²) in [5.74, 6) is 0.0844. The molecule has 0 spiro atoms. The van der Waals surface area contributed by atoms with E-state index in [4.69, 9.17) is 0 Å². The first-order valence-corrected chi connectivity index (χ1v) is 5.88. The number of hydrogen-bond donors (Lipinski definition) is 1. The van der Waals surface area contributed by atoms with Gasteiger partial charge in [0.15, 0.2) is 0 Å². The summed E-state index contributed by atoms with van der Waals surface area (Å²) < 4.78 is 0. The number of benzene rings is 1. The molecule has 1 atom stereocenters. The largest absolute Gasteiger partial charge is 0.296 e. The summed E-state index contributed by atoms with van der Waals surface area (Å²) in [5.41, 5.74) is 1.44. The van der Waals surface area contributed by atoms with Crippen LogP contribution in [0.5, 0.6) is 0 Å². The summed E-state index contributed by atoms with van der Waals surface area (Å²) >= 11 is 0. The molecule has 1 aliphatic heterocycles. The monoisotopic (exact) mass is 231 g/mol. The van der Waals surface area contributed by atoms with Crippen molar-refractivity contribution in [3.63, 3.8) is 0 Å². The third kappa shape index (κ3) is 1.97. The molecule has 0 aromatic heterocycles. The second kappa shape index (κ2) is 3.99. The maximum Gasteiger partial charge on any atom is 0.237 e. The number of hydrogen-bond acceptors (Lipinski definition) is 2. The molecule has 2 rings (SSSR count). The summed E-state index contributed by atoms with van der Waals surface area (Å²) in [5, 5.41) is 2.37. The number of amides is 2. The summed E-state index contributed by atoms with van der Waals surface area (Å²) in [4.78, 5) is 23.1. The van der Waals surface area contributed by atoms with E-state index in [0.29, 0.717) is 5.92 Å². The van der Waals surface area contributed by atoms with E-state index in [0.717, 1.165) is 5.56 Å². The van der Waals surface area contributed by atoms with Gasteiger partial charge in [0.25, 0.3) is 0 Å². The molecule has 90 valence electrons. The highest BCUT2D eigenvalue weighted by Gasteiger charge is 2.43. The summed E-state index contributed by atoms with van der Waals surface area (Å²) in [6.07, 6.45) is 0.243. The van der Waals surface area contributed by atoms with Crippen LogP contribution in [-0.2, 0) is 15.0 Å². The van der Waals surface area contributed by atoms with E-state index in [1.54, 1.807) is 0 Å². The van der Waals surface area contributed by atoms with E-state index in [9.17, 15) is 9.59 Å². The topological polar surface area (TPSA) is 46.2 Å². The van der Waals surface area contributed by atoms with Gasteiger partial charge in [0, 0.05) is 6.42 Å². The van der Waals surface area contributed by atoms with Crippen LogP contribution in [0.3, 0.4) is 0 Å². The first-order chi connectivity index (χ1) is 7.93. The van der Waals surface area contributed by atoms with E-state index in [1.165, 1.54) is 5.56 Å². The molecule has 1 aliphatic rings. The van der Waals surface area contributed by atoms with Gasteiger partial charge < -0.3 is 0 Å². The standard InChI is InChI=1S/C14H17NO2/c1-9(2)10-4-6-11(7-5-10)14(3)8-12(16)15-13(14)17/h4-7,9H,8H2,1-3H3,(H,15,16,17)/t14-/m0/s1. The first-order valence-electron chi connectivity index (χ1n) is 5.88. The molecule has 0 aliphatic carbocycles. The highest BCUT2D eigenvalue weighted by molar-refractivity contribution is 6.08. The lowest BCUT2D eigenvalue weighted by Gasteiger charge is -2.20. The second-order valence-corrected chi connectivity index (χ2v) is 5.16. The smallest absolute Gasteiger partial charge is 0.237 e. The number of carbonyl (C=O) groups excluding carboxylic acids is 2. The van der Waals surface area contributed by atoms with Crippen LogP contribution >= 0.6 is 0 Å². The Balaban J connectivity index is 2.34. The van der Waals surface area contributed by atoms with Gasteiger partial charge in [-0.3, -0.25) is 14.9 Å². The SMILES string of the molecule is CC(C)c1ccc([C@]2(C)CC(=O)NC2=O)cc1. The predicted octanol–water partition coefficient (Wildman–Crippen LogP) is 2.11. The lowest BCUT2D eigenvalue weighted by molar-refractivity contribution is -0.126. The molecular weight excluding hydrogens is 214 g/mol. The molecule has 1 N–H and O–H groups in total. The van der Waals surface area contributed by atoms with Gasteiger partial charge in [-0.2, -0.15) is 0 Å². The van der Waals surface area contributed by atoms with E-state index in [-0.39, 0.29) is 18.2 Å². The molecule has 1 fully saturated rings. The minimum Gasteiger partial charge on any atom is -0.296 e. The number of nitrogens with one attached hydrogen (secondary N) is 1. The predicted molar refractivity (Wildman–Crippen MR) is 65.6 cm³/mol. The Kier molecular flexibility index (Phi) is 2.77. The van der Waals surface area contributed by atoms with Crippen molar-refractivity contribution in [3.8, 4) is 0 Å². The van der Waals surface area contributed by atoms with Crippen LogP contribution in [0.15, 0.2) is 24.3 Å². The van der Waals surface area contributed by atoms with Gasteiger partial charge in [0.1, 0.15) is 0 Å². The summed E-state index contributed by atoms with van der Waals surface area (Å²) in [7, 11) is 0. The molecule has 3 heteroatoms. The minimum absolute atomic E-state index is 0.189. The van der Waals surface area contributed by atoms with Crippen LogP contribution in [0, 0.1) is 0 Å². The van der Waals surface area contributed by atoms with Crippen molar-refractivity contribution in [2.45, 2.75) is 38.5 Å². The Labute approximate surface area is 101 Å². The molecule has 0 saturated carbocycles. The lowest BCUT2D eigenvalue weighted by atomic mass is 9.80. The van der Waals surface area contributed by atoms with Gasteiger partial charge >= 0.3 is 0 Å². The molecule has 1 saturated heterocycles.